The van der Waals surface area contributed by atoms with Crippen LogP contribution in [0.3, 0.4) is 0 Å². The molecule has 1 aromatic carbocycles. The lowest BCUT2D eigenvalue weighted by Crippen LogP contribution is -2.57. The maximum absolute atomic E-state index is 14.6. The summed E-state index contributed by atoms with van der Waals surface area (Å²) >= 11 is 0. The van der Waals surface area contributed by atoms with Gasteiger partial charge in [0, 0.05) is 59.6 Å². The van der Waals surface area contributed by atoms with Crippen molar-refractivity contribution in [2.75, 3.05) is 25.0 Å². The Balaban J connectivity index is 1.36. The highest BCUT2D eigenvalue weighted by atomic mass is 19.1. The standard InChI is InChI=1S/C29H30FN7/c1-29(2)16-37(12-11-33-29)28-25-21(17-7-8-17)14-31-15-24(25)35-27(36-28)18-9-10-32-26-20(18)13-23(34-26)19-5-3-4-6-22(19)30/h3-6,9-10,13-15,17,28,33H,7-8,11-12,16H2,1-2H3,(H,32,34)(H,35,36). The van der Waals surface area contributed by atoms with E-state index in [1.54, 1.807) is 18.3 Å². The number of aromatic amines is 1. The lowest BCUT2D eigenvalue weighted by atomic mass is 9.95. The van der Waals surface area contributed by atoms with Crippen molar-refractivity contribution in [2.24, 2.45) is 4.99 Å². The maximum atomic E-state index is 14.6. The number of aromatic nitrogens is 3. The zero-order chi connectivity index (χ0) is 25.1. The van der Waals surface area contributed by atoms with Crippen LogP contribution in [0.25, 0.3) is 22.3 Å². The van der Waals surface area contributed by atoms with Gasteiger partial charge in [-0.2, -0.15) is 0 Å². The van der Waals surface area contributed by atoms with Crippen molar-refractivity contribution >= 4 is 22.6 Å². The van der Waals surface area contributed by atoms with Crippen LogP contribution in [-0.4, -0.2) is 50.9 Å². The highest BCUT2D eigenvalue weighted by Crippen LogP contribution is 2.47. The Bertz CT molecular complexity index is 1530. The first-order chi connectivity index (χ1) is 18.0. The van der Waals surface area contributed by atoms with Crippen LogP contribution in [0.15, 0.2) is 60.0 Å². The number of benzene rings is 1. The number of pyridine rings is 2. The van der Waals surface area contributed by atoms with E-state index in [9.17, 15) is 4.39 Å². The largest absolute Gasteiger partial charge is 0.339 e. The molecule has 2 fully saturated rings. The summed E-state index contributed by atoms with van der Waals surface area (Å²) in [7, 11) is 0. The molecule has 0 spiro atoms. The van der Waals surface area contributed by atoms with E-state index < -0.39 is 0 Å². The highest BCUT2D eigenvalue weighted by Gasteiger charge is 2.38. The third-order valence-electron chi connectivity index (χ3n) is 7.70. The number of halogens is 1. The fourth-order valence-electron chi connectivity index (χ4n) is 5.79. The number of rotatable bonds is 4. The van der Waals surface area contributed by atoms with Crippen LogP contribution in [0, 0.1) is 5.82 Å². The van der Waals surface area contributed by atoms with Gasteiger partial charge in [-0.1, -0.05) is 12.1 Å². The minimum absolute atomic E-state index is 0.00494. The molecule has 7 rings (SSSR count). The average Bonchev–Trinajstić information content (AvgIpc) is 3.65. The van der Waals surface area contributed by atoms with Crippen molar-refractivity contribution in [1.82, 2.24) is 25.2 Å². The number of fused-ring (bicyclic) bond motifs is 2. The summed E-state index contributed by atoms with van der Waals surface area (Å²) in [6.07, 6.45) is 8.07. The molecule has 3 aromatic heterocycles. The first-order valence-electron chi connectivity index (χ1n) is 13.0. The molecule has 0 amide bonds. The molecule has 37 heavy (non-hydrogen) atoms. The van der Waals surface area contributed by atoms with Gasteiger partial charge in [-0.25, -0.2) is 14.4 Å². The average molecular weight is 496 g/mol. The Morgan fingerprint density at radius 3 is 2.76 bits per heavy atom. The van der Waals surface area contributed by atoms with E-state index in [0.29, 0.717) is 22.8 Å². The lowest BCUT2D eigenvalue weighted by molar-refractivity contribution is 0.112. The number of nitrogens with one attached hydrogen (secondary N) is 3. The van der Waals surface area contributed by atoms with E-state index in [4.69, 9.17) is 4.99 Å². The summed E-state index contributed by atoms with van der Waals surface area (Å²) in [6.45, 7) is 7.23. The molecule has 1 unspecified atom stereocenters. The van der Waals surface area contributed by atoms with Crippen LogP contribution < -0.4 is 10.6 Å². The minimum atomic E-state index is -0.266. The second-order valence-electron chi connectivity index (χ2n) is 11.0. The zero-order valence-electron chi connectivity index (χ0n) is 21.1. The van der Waals surface area contributed by atoms with Crippen molar-refractivity contribution in [1.29, 1.82) is 0 Å². The molecule has 7 nitrogen and oxygen atoms in total. The molecule has 8 heteroatoms. The Labute approximate surface area is 215 Å². The molecule has 1 aliphatic carbocycles. The highest BCUT2D eigenvalue weighted by molar-refractivity contribution is 6.16. The van der Waals surface area contributed by atoms with Crippen molar-refractivity contribution in [3.63, 3.8) is 0 Å². The first-order valence-corrected chi connectivity index (χ1v) is 13.0. The molecule has 1 saturated carbocycles. The van der Waals surface area contributed by atoms with Gasteiger partial charge in [0.15, 0.2) is 0 Å². The topological polar surface area (TPSA) is 81.2 Å². The number of amidine groups is 1. The van der Waals surface area contributed by atoms with Gasteiger partial charge in [0.1, 0.15) is 23.5 Å². The summed E-state index contributed by atoms with van der Waals surface area (Å²) in [5, 5.41) is 8.14. The number of aliphatic imine (C=N–C) groups is 1. The third kappa shape index (κ3) is 4.01. The van der Waals surface area contributed by atoms with Gasteiger partial charge in [0.2, 0.25) is 0 Å². The van der Waals surface area contributed by atoms with Gasteiger partial charge in [-0.3, -0.25) is 9.88 Å². The number of nitrogens with zero attached hydrogens (tertiary/aromatic N) is 4. The van der Waals surface area contributed by atoms with Crippen molar-refractivity contribution in [2.45, 2.75) is 44.3 Å². The molecule has 4 aromatic rings. The summed E-state index contributed by atoms with van der Waals surface area (Å²) in [5.41, 5.74) is 6.46. The number of anilines is 1. The molecule has 0 bridgehead atoms. The van der Waals surface area contributed by atoms with Crippen molar-refractivity contribution in [3.8, 4) is 11.3 Å². The molecule has 0 radical (unpaired) electrons. The molecule has 2 aliphatic heterocycles. The van der Waals surface area contributed by atoms with Gasteiger partial charge in [0.05, 0.1) is 17.6 Å². The predicted octanol–water partition coefficient (Wildman–Crippen LogP) is 5.20. The summed E-state index contributed by atoms with van der Waals surface area (Å²) in [4.78, 5) is 20.3. The monoisotopic (exact) mass is 495 g/mol. The van der Waals surface area contributed by atoms with Crippen LogP contribution in [0.1, 0.15) is 55.5 Å². The van der Waals surface area contributed by atoms with Gasteiger partial charge in [-0.15, -0.1) is 0 Å². The van der Waals surface area contributed by atoms with Crippen LogP contribution in [0.5, 0.6) is 0 Å². The molecular weight excluding hydrogens is 465 g/mol. The summed E-state index contributed by atoms with van der Waals surface area (Å²) < 4.78 is 14.6. The van der Waals surface area contributed by atoms with E-state index in [1.807, 2.05) is 30.6 Å². The van der Waals surface area contributed by atoms with Crippen LogP contribution in [0.2, 0.25) is 0 Å². The third-order valence-corrected chi connectivity index (χ3v) is 7.70. The van der Waals surface area contributed by atoms with Crippen molar-refractivity contribution < 1.29 is 4.39 Å². The number of H-pyrrole nitrogens is 1. The molecule has 188 valence electrons. The maximum Gasteiger partial charge on any atom is 0.138 e. The second kappa shape index (κ2) is 8.46. The quantitative estimate of drug-likeness (QED) is 0.363. The van der Waals surface area contributed by atoms with Crippen LogP contribution >= 0.6 is 0 Å². The molecule has 3 N–H and O–H groups in total. The normalized spacial score (nSPS) is 21.4. The van der Waals surface area contributed by atoms with Gasteiger partial charge in [0.25, 0.3) is 0 Å². The van der Waals surface area contributed by atoms with E-state index in [0.717, 1.165) is 42.1 Å². The van der Waals surface area contributed by atoms with Gasteiger partial charge < -0.3 is 15.6 Å². The zero-order valence-corrected chi connectivity index (χ0v) is 21.1. The lowest BCUT2D eigenvalue weighted by Gasteiger charge is -2.43. The van der Waals surface area contributed by atoms with Gasteiger partial charge >= 0.3 is 0 Å². The predicted molar refractivity (Wildman–Crippen MR) is 144 cm³/mol. The van der Waals surface area contributed by atoms with Crippen LogP contribution in [0.4, 0.5) is 10.1 Å². The van der Waals surface area contributed by atoms with E-state index in [2.05, 4.69) is 44.3 Å². The summed E-state index contributed by atoms with van der Waals surface area (Å²) in [6, 6.07) is 10.7. The second-order valence-corrected chi connectivity index (χ2v) is 11.0. The number of hydrogen-bond acceptors (Lipinski definition) is 6. The fraction of sp³-hybridized carbons (Fsp3) is 0.345. The minimum Gasteiger partial charge on any atom is -0.339 e. The molecule has 3 aliphatic rings. The van der Waals surface area contributed by atoms with Crippen LogP contribution in [-0.2, 0) is 0 Å². The molecule has 1 atom stereocenters. The molecule has 5 heterocycles. The molecule has 1 saturated heterocycles. The Kier molecular flexibility index (Phi) is 5.16. The fourth-order valence-corrected chi connectivity index (χ4v) is 5.79. The van der Waals surface area contributed by atoms with E-state index in [-0.39, 0.29) is 17.5 Å². The molecular formula is C29H30FN7. The Morgan fingerprint density at radius 2 is 1.95 bits per heavy atom. The SMILES string of the molecule is CC1(C)CN(C2N=C(c3ccnc4[nH]c(-c5ccccc5F)cc34)Nc3cncc(C4CC4)c32)CCN1. The number of hydrogen-bond donors (Lipinski definition) is 3. The van der Waals surface area contributed by atoms with E-state index in [1.165, 1.54) is 30.0 Å². The smallest absolute Gasteiger partial charge is 0.138 e. The Morgan fingerprint density at radius 1 is 1.08 bits per heavy atom. The van der Waals surface area contributed by atoms with E-state index >= 15 is 0 Å². The first kappa shape index (κ1) is 22.6. The Hall–Kier alpha value is -3.62. The van der Waals surface area contributed by atoms with Gasteiger partial charge in [-0.05, 0) is 62.4 Å². The summed E-state index contributed by atoms with van der Waals surface area (Å²) in [5.74, 6) is 1.09. The number of piperazine rings is 1. The van der Waals surface area contributed by atoms with Crippen molar-refractivity contribution in [3.05, 3.63) is 77.5 Å².